The molecule has 0 radical (unpaired) electrons. The van der Waals surface area contributed by atoms with Crippen LogP contribution in [0.1, 0.15) is 16.2 Å². The Hall–Kier alpha value is -2.17. The molecule has 1 aromatic heterocycles. The number of carbonyl (C=O) groups is 1. The van der Waals surface area contributed by atoms with E-state index < -0.39 is 5.82 Å². The maximum absolute atomic E-state index is 13.4. The normalized spacial score (nSPS) is 10.3. The highest BCUT2D eigenvalue weighted by molar-refractivity contribution is 6.06. The number of hydrogen-bond donors (Lipinski definition) is 0. The number of hydrogen-bond acceptors (Lipinski definition) is 3. The van der Waals surface area contributed by atoms with E-state index >= 15 is 0 Å². The molecule has 0 aliphatic heterocycles. The van der Waals surface area contributed by atoms with E-state index in [9.17, 15) is 9.18 Å². The highest BCUT2D eigenvalue weighted by Crippen LogP contribution is 2.19. The van der Waals surface area contributed by atoms with E-state index in [1.165, 1.54) is 25.4 Å². The molecule has 0 atom stereocenters. The molecule has 0 amide bonds. The highest BCUT2D eigenvalue weighted by Gasteiger charge is 2.15. The summed E-state index contributed by atoms with van der Waals surface area (Å²) in [5.74, 6) is -0.498. The third kappa shape index (κ3) is 2.04. The Balaban J connectivity index is 2.39. The number of imidazole rings is 1. The standard InChI is InChI=1S/C12H11FN2O2/c1-15-6-5-14-12(15)11(16)8-3-4-10(17-2)9(13)7-8/h3-7H,1-2H3. The van der Waals surface area contributed by atoms with Crippen molar-refractivity contribution in [3.8, 4) is 5.75 Å². The zero-order chi connectivity index (χ0) is 12.4. The van der Waals surface area contributed by atoms with Crippen LogP contribution in [0.2, 0.25) is 0 Å². The van der Waals surface area contributed by atoms with E-state index in [1.807, 2.05) is 0 Å². The lowest BCUT2D eigenvalue weighted by molar-refractivity contribution is 0.102. The fraction of sp³-hybridized carbons (Fsp3) is 0.167. The molecule has 2 rings (SSSR count). The van der Waals surface area contributed by atoms with Gasteiger partial charge in [0, 0.05) is 25.0 Å². The van der Waals surface area contributed by atoms with Gasteiger partial charge in [0.25, 0.3) is 0 Å². The number of rotatable bonds is 3. The number of ketones is 1. The van der Waals surface area contributed by atoms with Crippen LogP contribution in [0, 0.1) is 5.82 Å². The Bertz CT molecular complexity index is 563. The second-order valence-corrected chi connectivity index (χ2v) is 3.54. The molecular weight excluding hydrogens is 223 g/mol. The third-order valence-electron chi connectivity index (χ3n) is 2.44. The number of aryl methyl sites for hydroxylation is 1. The quantitative estimate of drug-likeness (QED) is 0.760. The number of nitrogens with zero attached hydrogens (tertiary/aromatic N) is 2. The van der Waals surface area contributed by atoms with E-state index in [-0.39, 0.29) is 22.9 Å². The summed E-state index contributed by atoms with van der Waals surface area (Å²) in [5, 5.41) is 0. The summed E-state index contributed by atoms with van der Waals surface area (Å²) >= 11 is 0. The van der Waals surface area contributed by atoms with Crippen molar-refractivity contribution in [3.05, 3.63) is 47.8 Å². The zero-order valence-corrected chi connectivity index (χ0v) is 9.48. The van der Waals surface area contributed by atoms with Gasteiger partial charge < -0.3 is 9.30 Å². The van der Waals surface area contributed by atoms with Crippen molar-refractivity contribution in [2.75, 3.05) is 7.11 Å². The molecule has 0 spiro atoms. The van der Waals surface area contributed by atoms with Crippen LogP contribution >= 0.6 is 0 Å². The van der Waals surface area contributed by atoms with Crippen molar-refractivity contribution >= 4 is 5.78 Å². The molecular formula is C12H11FN2O2. The lowest BCUT2D eigenvalue weighted by atomic mass is 10.1. The molecule has 0 unspecified atom stereocenters. The SMILES string of the molecule is COc1ccc(C(=O)c2nccn2C)cc1F. The van der Waals surface area contributed by atoms with Gasteiger partial charge in [-0.15, -0.1) is 0 Å². The average Bonchev–Trinajstić information content (AvgIpc) is 2.74. The molecule has 5 heteroatoms. The van der Waals surface area contributed by atoms with E-state index in [0.29, 0.717) is 0 Å². The van der Waals surface area contributed by atoms with Crippen molar-refractivity contribution in [1.82, 2.24) is 9.55 Å². The summed E-state index contributed by atoms with van der Waals surface area (Å²) < 4.78 is 19.8. The van der Waals surface area contributed by atoms with Gasteiger partial charge in [0.15, 0.2) is 17.4 Å². The van der Waals surface area contributed by atoms with Crippen LogP contribution < -0.4 is 4.74 Å². The Kier molecular flexibility index (Phi) is 2.91. The van der Waals surface area contributed by atoms with Crippen LogP contribution in [0.3, 0.4) is 0 Å². The largest absolute Gasteiger partial charge is 0.494 e. The minimum Gasteiger partial charge on any atom is -0.494 e. The van der Waals surface area contributed by atoms with Crippen molar-refractivity contribution < 1.29 is 13.9 Å². The number of methoxy groups -OCH3 is 1. The smallest absolute Gasteiger partial charge is 0.228 e. The predicted octanol–water partition coefficient (Wildman–Crippen LogP) is 1.80. The highest BCUT2D eigenvalue weighted by atomic mass is 19.1. The van der Waals surface area contributed by atoms with Gasteiger partial charge >= 0.3 is 0 Å². The van der Waals surface area contributed by atoms with Gasteiger partial charge in [0.05, 0.1) is 7.11 Å². The maximum atomic E-state index is 13.4. The van der Waals surface area contributed by atoms with Gasteiger partial charge in [0.1, 0.15) is 0 Å². The zero-order valence-electron chi connectivity index (χ0n) is 9.48. The number of benzene rings is 1. The van der Waals surface area contributed by atoms with Crippen LogP contribution in [-0.2, 0) is 7.05 Å². The fourth-order valence-electron chi connectivity index (χ4n) is 1.52. The first kappa shape index (κ1) is 11.3. The van der Waals surface area contributed by atoms with Gasteiger partial charge in [-0.3, -0.25) is 4.79 Å². The first-order chi connectivity index (χ1) is 8.13. The summed E-state index contributed by atoms with van der Waals surface area (Å²) in [6, 6.07) is 4.08. The number of aromatic nitrogens is 2. The second kappa shape index (κ2) is 4.37. The Morgan fingerprint density at radius 1 is 1.47 bits per heavy atom. The van der Waals surface area contributed by atoms with Crippen LogP contribution in [0.5, 0.6) is 5.75 Å². The lowest BCUT2D eigenvalue weighted by Gasteiger charge is -2.04. The van der Waals surface area contributed by atoms with Crippen LogP contribution in [-0.4, -0.2) is 22.4 Å². The van der Waals surface area contributed by atoms with Crippen LogP contribution in [0.25, 0.3) is 0 Å². The monoisotopic (exact) mass is 234 g/mol. The summed E-state index contributed by atoms with van der Waals surface area (Å²) in [5.41, 5.74) is 0.248. The fourth-order valence-corrected chi connectivity index (χ4v) is 1.52. The van der Waals surface area contributed by atoms with E-state index in [0.717, 1.165) is 6.07 Å². The van der Waals surface area contributed by atoms with E-state index in [2.05, 4.69) is 4.98 Å². The Labute approximate surface area is 97.7 Å². The van der Waals surface area contributed by atoms with E-state index in [1.54, 1.807) is 17.8 Å². The molecule has 0 fully saturated rings. The van der Waals surface area contributed by atoms with Gasteiger partial charge in [-0.25, -0.2) is 9.37 Å². The molecule has 0 bridgehead atoms. The Morgan fingerprint density at radius 2 is 2.24 bits per heavy atom. The summed E-state index contributed by atoms with van der Waals surface area (Å²) in [7, 11) is 3.08. The van der Waals surface area contributed by atoms with E-state index in [4.69, 9.17) is 4.74 Å². The Morgan fingerprint density at radius 3 is 2.76 bits per heavy atom. The van der Waals surface area contributed by atoms with Crippen molar-refractivity contribution in [1.29, 1.82) is 0 Å². The second-order valence-electron chi connectivity index (χ2n) is 3.54. The first-order valence-electron chi connectivity index (χ1n) is 4.99. The van der Waals surface area contributed by atoms with Gasteiger partial charge in [-0.2, -0.15) is 0 Å². The minimum absolute atomic E-state index is 0.112. The molecule has 2 aromatic rings. The lowest BCUT2D eigenvalue weighted by Crippen LogP contribution is -2.09. The van der Waals surface area contributed by atoms with Crippen molar-refractivity contribution in [3.63, 3.8) is 0 Å². The molecule has 0 saturated heterocycles. The average molecular weight is 234 g/mol. The molecule has 1 heterocycles. The molecule has 0 aliphatic carbocycles. The van der Waals surface area contributed by atoms with Gasteiger partial charge in [0.2, 0.25) is 5.78 Å². The maximum Gasteiger partial charge on any atom is 0.228 e. The minimum atomic E-state index is -0.562. The third-order valence-corrected chi connectivity index (χ3v) is 2.44. The molecule has 17 heavy (non-hydrogen) atoms. The molecule has 4 nitrogen and oxygen atoms in total. The number of halogens is 1. The number of carbonyl (C=O) groups excluding carboxylic acids is 1. The summed E-state index contributed by atoms with van der Waals surface area (Å²) in [6.07, 6.45) is 3.18. The first-order valence-corrected chi connectivity index (χ1v) is 4.99. The topological polar surface area (TPSA) is 44.1 Å². The van der Waals surface area contributed by atoms with Crippen LogP contribution in [0.15, 0.2) is 30.6 Å². The molecule has 0 aliphatic rings. The van der Waals surface area contributed by atoms with Crippen molar-refractivity contribution in [2.45, 2.75) is 0 Å². The van der Waals surface area contributed by atoms with Crippen molar-refractivity contribution in [2.24, 2.45) is 7.05 Å². The number of ether oxygens (including phenoxy) is 1. The summed E-state index contributed by atoms with van der Waals surface area (Å²) in [6.45, 7) is 0. The van der Waals surface area contributed by atoms with Gasteiger partial charge in [-0.1, -0.05) is 0 Å². The molecule has 0 N–H and O–H groups in total. The van der Waals surface area contributed by atoms with Gasteiger partial charge in [-0.05, 0) is 18.2 Å². The molecule has 88 valence electrons. The molecule has 1 aromatic carbocycles. The van der Waals surface area contributed by atoms with Crippen LogP contribution in [0.4, 0.5) is 4.39 Å². The molecule has 0 saturated carbocycles. The summed E-state index contributed by atoms with van der Waals surface area (Å²) in [4.78, 5) is 15.9. The predicted molar refractivity (Wildman–Crippen MR) is 59.6 cm³/mol.